The Morgan fingerprint density at radius 2 is 1.79 bits per heavy atom. The number of rotatable bonds is 8. The zero-order valence-electron chi connectivity index (χ0n) is 15.6. The highest BCUT2D eigenvalue weighted by Gasteiger charge is 2.16. The van der Waals surface area contributed by atoms with Crippen molar-refractivity contribution in [3.8, 4) is 11.3 Å². The highest BCUT2D eigenvalue weighted by Crippen LogP contribution is 2.26. The molecule has 0 bridgehead atoms. The molecule has 0 aliphatic heterocycles. The lowest BCUT2D eigenvalue weighted by molar-refractivity contribution is -0.121. The minimum atomic E-state index is -0.715. The van der Waals surface area contributed by atoms with Crippen molar-refractivity contribution in [2.45, 2.75) is 38.6 Å². The van der Waals surface area contributed by atoms with Crippen molar-refractivity contribution in [3.63, 3.8) is 0 Å². The van der Waals surface area contributed by atoms with Gasteiger partial charge in [-0.25, -0.2) is 13.8 Å². The number of benzene rings is 2. The van der Waals surface area contributed by atoms with Crippen molar-refractivity contribution in [1.29, 1.82) is 0 Å². The molecule has 28 heavy (non-hydrogen) atoms. The Morgan fingerprint density at radius 3 is 2.50 bits per heavy atom. The maximum Gasteiger partial charge on any atom is 0.220 e. The van der Waals surface area contributed by atoms with Crippen molar-refractivity contribution < 1.29 is 18.0 Å². The van der Waals surface area contributed by atoms with Crippen molar-refractivity contribution in [2.24, 2.45) is 0 Å². The van der Waals surface area contributed by atoms with Crippen LogP contribution in [0.15, 0.2) is 59.1 Å². The molecule has 6 heteroatoms. The maximum absolute atomic E-state index is 13.8. The molecule has 0 saturated heterocycles. The second-order valence-electron chi connectivity index (χ2n) is 6.71. The second-order valence-corrected chi connectivity index (χ2v) is 6.71. The third-order valence-corrected chi connectivity index (χ3v) is 4.44. The Hall–Kier alpha value is -3.02. The fourth-order valence-corrected chi connectivity index (χ4v) is 2.94. The predicted octanol–water partition coefficient (Wildman–Crippen LogP) is 4.69. The highest BCUT2D eigenvalue weighted by molar-refractivity contribution is 5.76. The van der Waals surface area contributed by atoms with E-state index < -0.39 is 11.6 Å². The van der Waals surface area contributed by atoms with Gasteiger partial charge in [-0.2, -0.15) is 0 Å². The Morgan fingerprint density at radius 1 is 1.07 bits per heavy atom. The first-order chi connectivity index (χ1) is 13.5. The van der Waals surface area contributed by atoms with Crippen LogP contribution >= 0.6 is 0 Å². The van der Waals surface area contributed by atoms with Gasteiger partial charge in [-0.05, 0) is 37.5 Å². The maximum atomic E-state index is 13.8. The van der Waals surface area contributed by atoms with Crippen LogP contribution in [0.3, 0.4) is 0 Å². The third-order valence-electron chi connectivity index (χ3n) is 4.44. The summed E-state index contributed by atoms with van der Waals surface area (Å²) in [5.74, 6) is -1.26. The lowest BCUT2D eigenvalue weighted by atomic mass is 10.1. The molecule has 0 saturated carbocycles. The average Bonchev–Trinajstić information content (AvgIpc) is 3.14. The van der Waals surface area contributed by atoms with E-state index in [2.05, 4.69) is 22.4 Å². The molecule has 146 valence electrons. The van der Waals surface area contributed by atoms with Gasteiger partial charge in [0.1, 0.15) is 11.6 Å². The average molecular weight is 384 g/mol. The molecule has 0 spiro atoms. The molecule has 0 aliphatic carbocycles. The van der Waals surface area contributed by atoms with Crippen molar-refractivity contribution in [3.05, 3.63) is 77.8 Å². The SMILES string of the molecule is CC(CCc1ccccc1)NC(=O)CCc1ncc(-c2c(F)cccc2F)o1. The van der Waals surface area contributed by atoms with Crippen LogP contribution in [-0.4, -0.2) is 16.9 Å². The van der Waals surface area contributed by atoms with E-state index in [9.17, 15) is 13.6 Å². The first-order valence-electron chi connectivity index (χ1n) is 9.25. The van der Waals surface area contributed by atoms with Gasteiger partial charge in [-0.3, -0.25) is 4.79 Å². The van der Waals surface area contributed by atoms with Gasteiger partial charge in [0.25, 0.3) is 0 Å². The number of aromatic nitrogens is 1. The number of amides is 1. The van der Waals surface area contributed by atoms with E-state index in [-0.39, 0.29) is 42.0 Å². The van der Waals surface area contributed by atoms with Crippen LogP contribution in [0, 0.1) is 11.6 Å². The molecule has 3 aromatic rings. The number of aryl methyl sites for hydroxylation is 2. The minimum Gasteiger partial charge on any atom is -0.441 e. The van der Waals surface area contributed by atoms with E-state index >= 15 is 0 Å². The lowest BCUT2D eigenvalue weighted by Gasteiger charge is -2.13. The van der Waals surface area contributed by atoms with Crippen LogP contribution in [0.2, 0.25) is 0 Å². The largest absolute Gasteiger partial charge is 0.441 e. The second kappa shape index (κ2) is 9.26. The van der Waals surface area contributed by atoms with Crippen molar-refractivity contribution >= 4 is 5.91 Å². The summed E-state index contributed by atoms with van der Waals surface area (Å²) in [5, 5.41) is 2.95. The Balaban J connectivity index is 1.48. The Kier molecular flexibility index (Phi) is 6.53. The fraction of sp³-hybridized carbons (Fsp3) is 0.273. The molecule has 1 unspecified atom stereocenters. The molecule has 0 radical (unpaired) electrons. The smallest absolute Gasteiger partial charge is 0.220 e. The van der Waals surface area contributed by atoms with E-state index in [4.69, 9.17) is 4.42 Å². The zero-order valence-corrected chi connectivity index (χ0v) is 15.6. The molecule has 4 nitrogen and oxygen atoms in total. The fourth-order valence-electron chi connectivity index (χ4n) is 2.94. The first-order valence-corrected chi connectivity index (χ1v) is 9.25. The van der Waals surface area contributed by atoms with Crippen molar-refractivity contribution in [2.75, 3.05) is 0 Å². The normalized spacial score (nSPS) is 12.0. The standard InChI is InChI=1S/C22H22F2N2O2/c1-15(10-11-16-6-3-2-4-7-16)26-20(27)12-13-21-25-14-19(28-21)22-17(23)8-5-9-18(22)24/h2-9,14-15H,10-13H2,1H3,(H,26,27). The number of hydrogen-bond donors (Lipinski definition) is 1. The zero-order chi connectivity index (χ0) is 19.9. The number of carbonyl (C=O) groups is 1. The summed E-state index contributed by atoms with van der Waals surface area (Å²) < 4.78 is 33.0. The van der Waals surface area contributed by atoms with Gasteiger partial charge in [0.2, 0.25) is 5.91 Å². The molecule has 0 fully saturated rings. The van der Waals surface area contributed by atoms with Crippen LogP contribution in [0.25, 0.3) is 11.3 Å². The molecule has 2 aromatic carbocycles. The third kappa shape index (κ3) is 5.25. The molecule has 1 N–H and O–H groups in total. The van der Waals surface area contributed by atoms with E-state index in [0.29, 0.717) is 0 Å². The molecule has 1 amide bonds. The minimum absolute atomic E-state index is 0.0160. The van der Waals surface area contributed by atoms with Crippen LogP contribution < -0.4 is 5.32 Å². The predicted molar refractivity (Wildman–Crippen MR) is 103 cm³/mol. The number of carbonyl (C=O) groups excluding carboxylic acids is 1. The topological polar surface area (TPSA) is 55.1 Å². The molecule has 1 atom stereocenters. The van der Waals surface area contributed by atoms with E-state index in [1.165, 1.54) is 17.8 Å². The molecule has 1 heterocycles. The van der Waals surface area contributed by atoms with Gasteiger partial charge in [-0.1, -0.05) is 36.4 Å². The number of nitrogens with zero attached hydrogens (tertiary/aromatic N) is 1. The quantitative estimate of drug-likeness (QED) is 0.613. The van der Waals surface area contributed by atoms with E-state index in [1.54, 1.807) is 0 Å². The van der Waals surface area contributed by atoms with Gasteiger partial charge in [0.05, 0.1) is 11.8 Å². The number of oxazole rings is 1. The summed E-state index contributed by atoms with van der Waals surface area (Å²) in [6.07, 6.45) is 3.45. The summed E-state index contributed by atoms with van der Waals surface area (Å²) in [6, 6.07) is 13.7. The molecular formula is C22H22F2N2O2. The molecular weight excluding hydrogens is 362 g/mol. The monoisotopic (exact) mass is 384 g/mol. The summed E-state index contributed by atoms with van der Waals surface area (Å²) in [6.45, 7) is 1.96. The molecule has 1 aromatic heterocycles. The number of nitrogens with one attached hydrogen (secondary N) is 1. The van der Waals surface area contributed by atoms with Crippen molar-refractivity contribution in [1.82, 2.24) is 10.3 Å². The highest BCUT2D eigenvalue weighted by atomic mass is 19.1. The summed E-state index contributed by atoms with van der Waals surface area (Å²) in [7, 11) is 0. The summed E-state index contributed by atoms with van der Waals surface area (Å²) in [4.78, 5) is 16.1. The summed E-state index contributed by atoms with van der Waals surface area (Å²) in [5.41, 5.74) is 0.983. The van der Waals surface area contributed by atoms with Crippen LogP contribution in [0.1, 0.15) is 31.2 Å². The van der Waals surface area contributed by atoms with Crippen LogP contribution in [0.4, 0.5) is 8.78 Å². The van der Waals surface area contributed by atoms with Gasteiger partial charge >= 0.3 is 0 Å². The lowest BCUT2D eigenvalue weighted by Crippen LogP contribution is -2.33. The molecule has 3 rings (SSSR count). The van der Waals surface area contributed by atoms with Gasteiger partial charge in [0, 0.05) is 18.9 Å². The van der Waals surface area contributed by atoms with Gasteiger partial charge in [-0.15, -0.1) is 0 Å². The van der Waals surface area contributed by atoms with E-state index in [1.807, 2.05) is 25.1 Å². The number of halogens is 2. The van der Waals surface area contributed by atoms with Gasteiger partial charge < -0.3 is 9.73 Å². The Labute approximate surface area is 162 Å². The first kappa shape index (κ1) is 19.7. The summed E-state index contributed by atoms with van der Waals surface area (Å²) >= 11 is 0. The van der Waals surface area contributed by atoms with E-state index in [0.717, 1.165) is 25.0 Å². The Bertz CT molecular complexity index is 905. The van der Waals surface area contributed by atoms with Gasteiger partial charge in [0.15, 0.2) is 11.7 Å². The van der Waals surface area contributed by atoms with Crippen LogP contribution in [0.5, 0.6) is 0 Å². The number of hydrogen-bond acceptors (Lipinski definition) is 3. The van der Waals surface area contributed by atoms with Crippen LogP contribution in [-0.2, 0) is 17.6 Å². The molecule has 0 aliphatic rings.